The largest absolute Gasteiger partial charge is 0.383 e. The molecule has 0 fully saturated rings. The molecule has 1 aromatic carbocycles. The Morgan fingerprint density at radius 1 is 1.39 bits per heavy atom. The molecule has 0 bridgehead atoms. The second kappa shape index (κ2) is 4.95. The highest BCUT2D eigenvalue weighted by Crippen LogP contribution is 2.24. The fourth-order valence-electron chi connectivity index (χ4n) is 2.78. The molecule has 0 radical (unpaired) electrons. The summed E-state index contributed by atoms with van der Waals surface area (Å²) in [5, 5.41) is 4.28. The number of rotatable bonds is 3. The van der Waals surface area contributed by atoms with Crippen molar-refractivity contribution >= 4 is 22.6 Å². The molecule has 2 aromatic heterocycles. The minimum atomic E-state index is -0.0720. The lowest BCUT2D eigenvalue weighted by Crippen LogP contribution is -2.07. The molecule has 0 spiro atoms. The van der Waals surface area contributed by atoms with Crippen molar-refractivity contribution in [2.75, 3.05) is 5.73 Å². The van der Waals surface area contributed by atoms with Crippen LogP contribution in [0, 0.1) is 6.92 Å². The first-order valence-corrected chi connectivity index (χ1v) is 7.34. The standard InChI is InChI=1S/C17H15N5O/c1-10-20-14-7-6-12(8-15(14)21-10)22-17(18)13(9-19-22)16(23)11-4-2-3-5-11/h2-4,6-9H,5,18H2,1H3,(H,20,21). The van der Waals surface area contributed by atoms with Crippen LogP contribution >= 0.6 is 0 Å². The third kappa shape index (κ3) is 2.15. The number of allylic oxidation sites excluding steroid dienone is 4. The third-order valence-electron chi connectivity index (χ3n) is 3.94. The number of nitrogens with one attached hydrogen (secondary N) is 1. The molecule has 3 N–H and O–H groups in total. The van der Waals surface area contributed by atoms with Crippen molar-refractivity contribution in [2.45, 2.75) is 13.3 Å². The van der Waals surface area contributed by atoms with Crippen LogP contribution in [0.5, 0.6) is 0 Å². The van der Waals surface area contributed by atoms with Crippen molar-refractivity contribution in [3.63, 3.8) is 0 Å². The third-order valence-corrected chi connectivity index (χ3v) is 3.94. The average molecular weight is 305 g/mol. The highest BCUT2D eigenvalue weighted by atomic mass is 16.1. The molecule has 114 valence electrons. The van der Waals surface area contributed by atoms with E-state index >= 15 is 0 Å². The van der Waals surface area contributed by atoms with E-state index in [1.165, 1.54) is 6.20 Å². The summed E-state index contributed by atoms with van der Waals surface area (Å²) in [6, 6.07) is 5.71. The number of aromatic amines is 1. The van der Waals surface area contributed by atoms with E-state index in [2.05, 4.69) is 15.1 Å². The highest BCUT2D eigenvalue weighted by Gasteiger charge is 2.20. The summed E-state index contributed by atoms with van der Waals surface area (Å²) in [5.74, 6) is 1.12. The number of carbonyl (C=O) groups excluding carboxylic acids is 1. The first kappa shape index (κ1) is 13.5. The number of aryl methyl sites for hydroxylation is 1. The number of nitrogen functional groups attached to an aromatic ring is 1. The second-order valence-electron chi connectivity index (χ2n) is 5.53. The number of anilines is 1. The zero-order valence-corrected chi connectivity index (χ0v) is 12.6. The molecule has 4 rings (SSSR count). The number of nitrogens with two attached hydrogens (primary N) is 1. The Balaban J connectivity index is 1.75. The molecule has 23 heavy (non-hydrogen) atoms. The molecule has 6 nitrogen and oxygen atoms in total. The number of carbonyl (C=O) groups is 1. The smallest absolute Gasteiger partial charge is 0.194 e. The number of Topliss-reactive ketones (excluding diaryl/α,β-unsaturated/α-hetero) is 1. The minimum absolute atomic E-state index is 0.0720. The number of benzene rings is 1. The molecule has 0 atom stereocenters. The van der Waals surface area contributed by atoms with Gasteiger partial charge in [-0.1, -0.05) is 18.2 Å². The predicted octanol–water partition coefficient (Wildman–Crippen LogP) is 2.71. The molecule has 3 aromatic rings. The van der Waals surface area contributed by atoms with Gasteiger partial charge in [-0.2, -0.15) is 5.10 Å². The van der Waals surface area contributed by atoms with Crippen LogP contribution in [0.1, 0.15) is 22.6 Å². The molecule has 0 saturated heterocycles. The van der Waals surface area contributed by atoms with Gasteiger partial charge in [-0.15, -0.1) is 0 Å². The van der Waals surface area contributed by atoms with E-state index in [0.717, 1.165) is 28.1 Å². The van der Waals surface area contributed by atoms with Gasteiger partial charge in [-0.25, -0.2) is 9.67 Å². The molecule has 0 aliphatic heterocycles. The fourth-order valence-corrected chi connectivity index (χ4v) is 2.78. The van der Waals surface area contributed by atoms with Gasteiger partial charge in [0.2, 0.25) is 0 Å². The summed E-state index contributed by atoms with van der Waals surface area (Å²) in [4.78, 5) is 20.0. The Hall–Kier alpha value is -3.15. The van der Waals surface area contributed by atoms with Crippen molar-refractivity contribution in [3.8, 4) is 5.69 Å². The Bertz CT molecular complexity index is 990. The average Bonchev–Trinajstić information content (AvgIpc) is 3.24. The lowest BCUT2D eigenvalue weighted by atomic mass is 10.1. The van der Waals surface area contributed by atoms with Gasteiger partial charge in [0.1, 0.15) is 11.6 Å². The summed E-state index contributed by atoms with van der Waals surface area (Å²) in [6.45, 7) is 1.90. The van der Waals surface area contributed by atoms with E-state index in [4.69, 9.17) is 5.73 Å². The molecule has 1 aliphatic carbocycles. The highest BCUT2D eigenvalue weighted by molar-refractivity contribution is 6.12. The second-order valence-corrected chi connectivity index (χ2v) is 5.53. The lowest BCUT2D eigenvalue weighted by molar-refractivity contribution is 0.103. The van der Waals surface area contributed by atoms with E-state index in [-0.39, 0.29) is 5.78 Å². The summed E-state index contributed by atoms with van der Waals surface area (Å²) in [5.41, 5.74) is 9.90. The molecule has 6 heteroatoms. The fraction of sp³-hybridized carbons (Fsp3) is 0.118. The molecule has 0 unspecified atom stereocenters. The normalized spacial score (nSPS) is 13.7. The lowest BCUT2D eigenvalue weighted by Gasteiger charge is -2.05. The molecular formula is C17H15N5O. The van der Waals surface area contributed by atoms with Gasteiger partial charge < -0.3 is 10.7 Å². The van der Waals surface area contributed by atoms with Gasteiger partial charge >= 0.3 is 0 Å². The van der Waals surface area contributed by atoms with Gasteiger partial charge in [-0.05, 0) is 31.5 Å². The van der Waals surface area contributed by atoms with Crippen LogP contribution in [0.2, 0.25) is 0 Å². The summed E-state index contributed by atoms with van der Waals surface area (Å²) < 4.78 is 1.58. The number of hydrogen-bond acceptors (Lipinski definition) is 4. The maximum Gasteiger partial charge on any atom is 0.194 e. The summed E-state index contributed by atoms with van der Waals surface area (Å²) in [7, 11) is 0. The van der Waals surface area contributed by atoms with Gasteiger partial charge in [0.05, 0.1) is 28.5 Å². The maximum absolute atomic E-state index is 12.5. The van der Waals surface area contributed by atoms with E-state index in [1.807, 2.05) is 43.4 Å². The minimum Gasteiger partial charge on any atom is -0.383 e. The first-order valence-electron chi connectivity index (χ1n) is 7.34. The number of H-pyrrole nitrogens is 1. The summed E-state index contributed by atoms with van der Waals surface area (Å²) in [6.07, 6.45) is 7.81. The zero-order chi connectivity index (χ0) is 16.0. The predicted molar refractivity (Wildman–Crippen MR) is 88.5 cm³/mol. The molecular weight excluding hydrogens is 290 g/mol. The molecule has 2 heterocycles. The van der Waals surface area contributed by atoms with Crippen molar-refractivity contribution < 1.29 is 4.79 Å². The zero-order valence-electron chi connectivity index (χ0n) is 12.6. The van der Waals surface area contributed by atoms with Crippen molar-refractivity contribution in [2.24, 2.45) is 0 Å². The number of imidazole rings is 1. The molecule has 1 aliphatic rings. The Kier molecular flexibility index (Phi) is 2.90. The first-order chi connectivity index (χ1) is 11.1. The van der Waals surface area contributed by atoms with E-state index in [0.29, 0.717) is 17.8 Å². The van der Waals surface area contributed by atoms with Crippen LogP contribution in [0.4, 0.5) is 5.82 Å². The monoisotopic (exact) mass is 305 g/mol. The number of aromatic nitrogens is 4. The maximum atomic E-state index is 12.5. The van der Waals surface area contributed by atoms with Gasteiger partial charge in [0, 0.05) is 5.57 Å². The van der Waals surface area contributed by atoms with Gasteiger partial charge in [0.25, 0.3) is 0 Å². The van der Waals surface area contributed by atoms with Crippen LogP contribution in [0.25, 0.3) is 16.7 Å². The Morgan fingerprint density at radius 2 is 2.26 bits per heavy atom. The van der Waals surface area contributed by atoms with Crippen molar-refractivity contribution in [1.82, 2.24) is 19.7 Å². The number of ketones is 1. The van der Waals surface area contributed by atoms with E-state index in [1.54, 1.807) is 4.68 Å². The summed E-state index contributed by atoms with van der Waals surface area (Å²) >= 11 is 0. The van der Waals surface area contributed by atoms with Crippen LogP contribution in [0.3, 0.4) is 0 Å². The number of fused-ring (bicyclic) bond motifs is 1. The van der Waals surface area contributed by atoms with E-state index in [9.17, 15) is 4.79 Å². The Labute approximate surface area is 132 Å². The van der Waals surface area contributed by atoms with Gasteiger partial charge in [-0.3, -0.25) is 4.79 Å². The molecule has 0 amide bonds. The molecule has 0 saturated carbocycles. The van der Waals surface area contributed by atoms with Gasteiger partial charge in [0.15, 0.2) is 5.78 Å². The van der Waals surface area contributed by atoms with E-state index < -0.39 is 0 Å². The van der Waals surface area contributed by atoms with Crippen LogP contribution in [0.15, 0.2) is 48.2 Å². The number of hydrogen-bond donors (Lipinski definition) is 2. The number of nitrogens with zero attached hydrogens (tertiary/aromatic N) is 3. The van der Waals surface area contributed by atoms with Crippen LogP contribution in [-0.2, 0) is 0 Å². The van der Waals surface area contributed by atoms with Crippen LogP contribution < -0.4 is 5.73 Å². The SMILES string of the molecule is Cc1nc2ccc(-n3ncc(C(=O)C4=CC=CC4)c3N)cc2[nH]1. The van der Waals surface area contributed by atoms with Crippen molar-refractivity contribution in [1.29, 1.82) is 0 Å². The van der Waals surface area contributed by atoms with Crippen LogP contribution in [-0.4, -0.2) is 25.5 Å². The quantitative estimate of drug-likeness (QED) is 0.728. The topological polar surface area (TPSA) is 89.6 Å². The van der Waals surface area contributed by atoms with Crippen molar-refractivity contribution in [3.05, 3.63) is 59.6 Å². The Morgan fingerprint density at radius 3 is 3.04 bits per heavy atom.